The van der Waals surface area contributed by atoms with E-state index in [0.29, 0.717) is 5.78 Å². The van der Waals surface area contributed by atoms with Crippen molar-refractivity contribution in [1.82, 2.24) is 19.6 Å². The number of hydrogen-bond acceptors (Lipinski definition) is 5. The summed E-state index contributed by atoms with van der Waals surface area (Å²) >= 11 is 0. The van der Waals surface area contributed by atoms with Crippen molar-refractivity contribution in [1.29, 1.82) is 0 Å². The molecule has 28 heavy (non-hydrogen) atoms. The molecule has 0 bridgehead atoms. The molecule has 146 valence electrons. The Morgan fingerprint density at radius 3 is 2.46 bits per heavy atom. The molecule has 0 radical (unpaired) electrons. The van der Waals surface area contributed by atoms with E-state index in [1.165, 1.54) is 6.33 Å². The standard InChI is InChI=1S/C21H26N6O/c1-13-6-5-7-14(2)18(13)25-19(28)17-8-10-26(11-9-17)20-15(3)16(4)24-21-22-12-23-27(20)21/h5-7,12,17H,8-11H2,1-4H3,(H,25,28). The molecular formula is C21H26N6O. The molecule has 0 saturated carbocycles. The lowest BCUT2D eigenvalue weighted by atomic mass is 9.95. The number of piperidine rings is 1. The minimum atomic E-state index is 0.0183. The Labute approximate surface area is 164 Å². The second-order valence-electron chi connectivity index (χ2n) is 7.64. The summed E-state index contributed by atoms with van der Waals surface area (Å²) in [6.07, 6.45) is 3.16. The van der Waals surface area contributed by atoms with Gasteiger partial charge in [0.15, 0.2) is 0 Å². The number of nitrogens with one attached hydrogen (secondary N) is 1. The number of rotatable bonds is 3. The van der Waals surface area contributed by atoms with Gasteiger partial charge in [-0.1, -0.05) is 18.2 Å². The molecule has 0 unspecified atom stereocenters. The number of carbonyl (C=O) groups excluding carboxylic acids is 1. The average molecular weight is 378 g/mol. The van der Waals surface area contributed by atoms with Crippen LogP contribution in [0.2, 0.25) is 0 Å². The van der Waals surface area contributed by atoms with Gasteiger partial charge in [-0.15, -0.1) is 0 Å². The normalized spacial score (nSPS) is 15.2. The van der Waals surface area contributed by atoms with E-state index in [4.69, 9.17) is 0 Å². The van der Waals surface area contributed by atoms with Crippen molar-refractivity contribution in [2.75, 3.05) is 23.3 Å². The largest absolute Gasteiger partial charge is 0.356 e. The predicted octanol–water partition coefficient (Wildman–Crippen LogP) is 3.21. The molecule has 7 nitrogen and oxygen atoms in total. The van der Waals surface area contributed by atoms with Gasteiger partial charge in [0.25, 0.3) is 5.78 Å². The van der Waals surface area contributed by atoms with Gasteiger partial charge in [-0.05, 0) is 51.7 Å². The summed E-state index contributed by atoms with van der Waals surface area (Å²) in [5.74, 6) is 1.79. The van der Waals surface area contributed by atoms with Crippen LogP contribution in [0, 0.1) is 33.6 Å². The van der Waals surface area contributed by atoms with Gasteiger partial charge in [0.05, 0.1) is 0 Å². The Kier molecular flexibility index (Phi) is 4.75. The number of anilines is 2. The maximum absolute atomic E-state index is 12.8. The van der Waals surface area contributed by atoms with E-state index in [-0.39, 0.29) is 11.8 Å². The fourth-order valence-corrected chi connectivity index (χ4v) is 3.98. The Morgan fingerprint density at radius 1 is 1.11 bits per heavy atom. The molecule has 1 aliphatic heterocycles. The third-order valence-electron chi connectivity index (χ3n) is 5.77. The summed E-state index contributed by atoms with van der Waals surface area (Å²) < 4.78 is 1.80. The molecule has 1 fully saturated rings. The zero-order valence-electron chi connectivity index (χ0n) is 16.9. The number of hydrogen-bond donors (Lipinski definition) is 1. The zero-order chi connectivity index (χ0) is 19.8. The van der Waals surface area contributed by atoms with Crippen molar-refractivity contribution < 1.29 is 4.79 Å². The van der Waals surface area contributed by atoms with Gasteiger partial charge in [-0.2, -0.15) is 14.6 Å². The van der Waals surface area contributed by atoms with Crippen LogP contribution in [0.15, 0.2) is 24.5 Å². The Hall–Kier alpha value is -2.96. The molecular weight excluding hydrogens is 352 g/mol. The van der Waals surface area contributed by atoms with Crippen LogP contribution in [0.4, 0.5) is 11.5 Å². The summed E-state index contributed by atoms with van der Waals surface area (Å²) in [5, 5.41) is 7.50. The quantitative estimate of drug-likeness (QED) is 0.757. The van der Waals surface area contributed by atoms with Crippen molar-refractivity contribution in [3.05, 3.63) is 46.9 Å². The summed E-state index contributed by atoms with van der Waals surface area (Å²) in [4.78, 5) is 23.9. The highest BCUT2D eigenvalue weighted by Crippen LogP contribution is 2.28. The molecule has 0 atom stereocenters. The lowest BCUT2D eigenvalue weighted by Crippen LogP contribution is -2.39. The first-order valence-corrected chi connectivity index (χ1v) is 9.74. The van der Waals surface area contributed by atoms with E-state index < -0.39 is 0 Å². The number of aromatic nitrogens is 4. The van der Waals surface area contributed by atoms with E-state index >= 15 is 0 Å². The zero-order valence-corrected chi connectivity index (χ0v) is 16.9. The average Bonchev–Trinajstić information content (AvgIpc) is 3.13. The second-order valence-corrected chi connectivity index (χ2v) is 7.64. The lowest BCUT2D eigenvalue weighted by molar-refractivity contribution is -0.120. The van der Waals surface area contributed by atoms with Crippen molar-refractivity contribution in [3.63, 3.8) is 0 Å². The molecule has 1 aromatic carbocycles. The maximum atomic E-state index is 12.8. The summed E-state index contributed by atoms with van der Waals surface area (Å²) in [6.45, 7) is 9.75. The summed E-state index contributed by atoms with van der Waals surface area (Å²) in [5.41, 5.74) is 5.21. The SMILES string of the molecule is Cc1cccc(C)c1NC(=O)C1CCN(c2c(C)c(C)nc3ncnn23)CC1. The number of amides is 1. The van der Waals surface area contributed by atoms with Gasteiger partial charge in [0, 0.05) is 36.0 Å². The molecule has 1 saturated heterocycles. The van der Waals surface area contributed by atoms with E-state index in [0.717, 1.165) is 59.8 Å². The minimum Gasteiger partial charge on any atom is -0.356 e. The highest BCUT2D eigenvalue weighted by Gasteiger charge is 2.28. The molecule has 3 aromatic rings. The van der Waals surface area contributed by atoms with Crippen molar-refractivity contribution >= 4 is 23.2 Å². The van der Waals surface area contributed by atoms with Crippen LogP contribution < -0.4 is 10.2 Å². The first-order chi connectivity index (χ1) is 13.5. The van der Waals surface area contributed by atoms with Gasteiger partial charge >= 0.3 is 0 Å². The van der Waals surface area contributed by atoms with E-state index in [1.807, 2.05) is 39.0 Å². The first-order valence-electron chi connectivity index (χ1n) is 9.74. The lowest BCUT2D eigenvalue weighted by Gasteiger charge is -2.34. The third kappa shape index (κ3) is 3.21. The molecule has 4 rings (SSSR count). The van der Waals surface area contributed by atoms with Crippen molar-refractivity contribution in [3.8, 4) is 0 Å². The number of nitrogens with zero attached hydrogens (tertiary/aromatic N) is 5. The van der Waals surface area contributed by atoms with E-state index in [2.05, 4.69) is 32.2 Å². The Morgan fingerprint density at radius 2 is 1.79 bits per heavy atom. The molecule has 7 heteroatoms. The Bertz CT molecular complexity index is 1010. The van der Waals surface area contributed by atoms with Gasteiger partial charge in [-0.25, -0.2) is 4.98 Å². The first kappa shape index (κ1) is 18.4. The molecule has 1 N–H and O–H groups in total. The topological polar surface area (TPSA) is 75.4 Å². The van der Waals surface area contributed by atoms with E-state index in [9.17, 15) is 4.79 Å². The minimum absolute atomic E-state index is 0.0183. The summed E-state index contributed by atoms with van der Waals surface area (Å²) in [6, 6.07) is 6.08. The highest BCUT2D eigenvalue weighted by molar-refractivity contribution is 5.94. The second kappa shape index (κ2) is 7.22. The fourth-order valence-electron chi connectivity index (χ4n) is 3.98. The van der Waals surface area contributed by atoms with Crippen LogP contribution in [-0.2, 0) is 4.79 Å². The van der Waals surface area contributed by atoms with Gasteiger partial charge < -0.3 is 10.2 Å². The van der Waals surface area contributed by atoms with Crippen LogP contribution in [-0.4, -0.2) is 38.6 Å². The maximum Gasteiger partial charge on any atom is 0.254 e. The molecule has 3 heterocycles. The van der Waals surface area contributed by atoms with Crippen LogP contribution >= 0.6 is 0 Å². The van der Waals surface area contributed by atoms with Crippen LogP contribution in [0.1, 0.15) is 35.2 Å². The molecule has 0 aliphatic carbocycles. The van der Waals surface area contributed by atoms with E-state index in [1.54, 1.807) is 4.52 Å². The van der Waals surface area contributed by atoms with Crippen molar-refractivity contribution in [2.24, 2.45) is 5.92 Å². The van der Waals surface area contributed by atoms with Crippen molar-refractivity contribution in [2.45, 2.75) is 40.5 Å². The number of aryl methyl sites for hydroxylation is 3. The number of benzene rings is 1. The predicted molar refractivity (Wildman–Crippen MR) is 110 cm³/mol. The van der Waals surface area contributed by atoms with Crippen LogP contribution in [0.5, 0.6) is 0 Å². The number of carbonyl (C=O) groups is 1. The molecule has 1 amide bonds. The Balaban J connectivity index is 1.49. The smallest absolute Gasteiger partial charge is 0.254 e. The number of fused-ring (bicyclic) bond motifs is 1. The fraction of sp³-hybridized carbons (Fsp3) is 0.429. The molecule has 0 spiro atoms. The third-order valence-corrected chi connectivity index (χ3v) is 5.77. The monoisotopic (exact) mass is 378 g/mol. The summed E-state index contributed by atoms with van der Waals surface area (Å²) in [7, 11) is 0. The number of para-hydroxylation sites is 1. The van der Waals surface area contributed by atoms with Gasteiger partial charge in [0.2, 0.25) is 5.91 Å². The van der Waals surface area contributed by atoms with Crippen LogP contribution in [0.25, 0.3) is 5.78 Å². The molecule has 2 aromatic heterocycles. The molecule has 1 aliphatic rings. The van der Waals surface area contributed by atoms with Crippen LogP contribution in [0.3, 0.4) is 0 Å². The van der Waals surface area contributed by atoms with Gasteiger partial charge in [-0.3, -0.25) is 4.79 Å². The van der Waals surface area contributed by atoms with Gasteiger partial charge in [0.1, 0.15) is 12.1 Å². The highest BCUT2D eigenvalue weighted by atomic mass is 16.1.